The van der Waals surface area contributed by atoms with Crippen LogP contribution in [0.15, 0.2) is 24.3 Å². The summed E-state index contributed by atoms with van der Waals surface area (Å²) in [6, 6.07) is 0. The van der Waals surface area contributed by atoms with Crippen molar-refractivity contribution in [2.24, 2.45) is 0 Å². The third-order valence-electron chi connectivity index (χ3n) is 2.22. The largest absolute Gasteiger partial charge is 0.289 e. The Hall–Kier alpha value is -2.24. The van der Waals surface area contributed by atoms with Crippen molar-refractivity contribution in [2.45, 2.75) is 39.5 Å². The van der Waals surface area contributed by atoms with Gasteiger partial charge < -0.3 is 0 Å². The van der Waals surface area contributed by atoms with E-state index in [2.05, 4.69) is 13.8 Å². The molecular formula is C14H20N2O4. The molecule has 0 saturated carbocycles. The highest BCUT2D eigenvalue weighted by Crippen LogP contribution is 1.95. The summed E-state index contributed by atoms with van der Waals surface area (Å²) in [7, 11) is 0. The third-order valence-corrected chi connectivity index (χ3v) is 2.22. The third kappa shape index (κ3) is 9.76. The first-order valence-corrected chi connectivity index (χ1v) is 6.55. The van der Waals surface area contributed by atoms with Gasteiger partial charge in [0.25, 0.3) is 23.6 Å². The molecule has 0 spiro atoms. The minimum atomic E-state index is -0.329. The van der Waals surface area contributed by atoms with Crippen molar-refractivity contribution in [3.63, 3.8) is 0 Å². The summed E-state index contributed by atoms with van der Waals surface area (Å²) >= 11 is 0. The highest BCUT2D eigenvalue weighted by Gasteiger charge is 2.07. The van der Waals surface area contributed by atoms with Crippen LogP contribution in [0.3, 0.4) is 0 Å². The average Bonchev–Trinajstić information content (AvgIpc) is 2.96. The minimum Gasteiger partial charge on any atom is -0.289 e. The number of unbranched alkanes of at least 4 members (excludes halogenated alkanes) is 3. The summed E-state index contributed by atoms with van der Waals surface area (Å²) in [6.45, 7) is 4.46. The lowest BCUT2D eigenvalue weighted by atomic mass is 10.2. The van der Waals surface area contributed by atoms with E-state index in [1.165, 1.54) is 50.0 Å². The lowest BCUT2D eigenvalue weighted by molar-refractivity contribution is -0.125. The molecule has 0 aliphatic carbocycles. The van der Waals surface area contributed by atoms with Crippen LogP contribution in [0.5, 0.6) is 0 Å². The first-order valence-electron chi connectivity index (χ1n) is 6.55. The zero-order valence-electron chi connectivity index (χ0n) is 11.8. The van der Waals surface area contributed by atoms with Gasteiger partial charge in [0.1, 0.15) is 0 Å². The van der Waals surface area contributed by atoms with E-state index < -0.39 is 0 Å². The Bertz CT molecular complexity index is 353. The lowest BCUT2D eigenvalue weighted by Crippen LogP contribution is -2.19. The second-order valence-corrected chi connectivity index (χ2v) is 4.08. The van der Waals surface area contributed by atoms with E-state index in [1.54, 1.807) is 0 Å². The maximum absolute atomic E-state index is 10.0. The van der Waals surface area contributed by atoms with E-state index in [4.69, 9.17) is 0 Å². The molecule has 0 radical (unpaired) electrons. The maximum Gasteiger partial charge on any atom is 0.250 e. The second-order valence-electron chi connectivity index (χ2n) is 4.08. The molecule has 20 heavy (non-hydrogen) atoms. The van der Waals surface area contributed by atoms with Gasteiger partial charge in [-0.25, -0.2) is 0 Å². The van der Waals surface area contributed by atoms with E-state index in [0.29, 0.717) is 0 Å². The summed E-state index contributed by atoms with van der Waals surface area (Å²) in [4.78, 5) is 40.1. The lowest BCUT2D eigenvalue weighted by Gasteiger charge is -1.86. The molecular weight excluding hydrogens is 260 g/mol. The van der Waals surface area contributed by atoms with Crippen molar-refractivity contribution in [1.82, 2.24) is 10.6 Å². The van der Waals surface area contributed by atoms with Crippen LogP contribution in [-0.4, -0.2) is 23.6 Å². The van der Waals surface area contributed by atoms with Gasteiger partial charge in [-0.1, -0.05) is 39.5 Å². The van der Waals surface area contributed by atoms with Gasteiger partial charge >= 0.3 is 0 Å². The van der Waals surface area contributed by atoms with E-state index in [-0.39, 0.29) is 23.6 Å². The molecule has 0 atom stereocenters. The van der Waals surface area contributed by atoms with Crippen molar-refractivity contribution in [3.05, 3.63) is 24.3 Å². The van der Waals surface area contributed by atoms with Crippen LogP contribution in [0.2, 0.25) is 0 Å². The molecule has 2 N–H and O–H groups in total. The molecule has 4 amide bonds. The standard InChI is InChI=1S/C6H14.2C4H3NO2/c1-3-5-6-4-2;2*6-3-1-2-4(7)5-3/h3-6H2,1-2H3;2*1-2H,(H,5,6,7). The summed E-state index contributed by atoms with van der Waals surface area (Å²) < 4.78 is 0. The molecule has 2 heterocycles. The molecule has 0 bridgehead atoms. The first kappa shape index (κ1) is 17.8. The van der Waals surface area contributed by atoms with Crippen molar-refractivity contribution in [2.75, 3.05) is 0 Å². The molecule has 6 nitrogen and oxygen atoms in total. The fourth-order valence-corrected chi connectivity index (χ4v) is 1.21. The smallest absolute Gasteiger partial charge is 0.250 e. The van der Waals surface area contributed by atoms with Crippen LogP contribution < -0.4 is 10.6 Å². The number of hydrogen-bond donors (Lipinski definition) is 2. The highest BCUT2D eigenvalue weighted by atomic mass is 16.2. The molecule has 0 unspecified atom stereocenters. The second kappa shape index (κ2) is 10.7. The zero-order chi connectivity index (χ0) is 15.4. The van der Waals surface area contributed by atoms with Gasteiger partial charge in [0, 0.05) is 24.3 Å². The Labute approximate surface area is 118 Å². The topological polar surface area (TPSA) is 92.3 Å². The predicted octanol–water partition coefficient (Wildman–Crippen LogP) is 0.985. The number of nitrogens with one attached hydrogen (secondary N) is 2. The van der Waals surface area contributed by atoms with Gasteiger partial charge in [-0.05, 0) is 0 Å². The Morgan fingerprint density at radius 2 is 0.900 bits per heavy atom. The van der Waals surface area contributed by atoms with Crippen LogP contribution in [0, 0.1) is 0 Å². The number of carbonyl (C=O) groups is 4. The Morgan fingerprint density at radius 3 is 1.00 bits per heavy atom. The summed E-state index contributed by atoms with van der Waals surface area (Å²) in [5.74, 6) is -1.31. The van der Waals surface area contributed by atoms with Gasteiger partial charge in [0.2, 0.25) is 0 Å². The Kier molecular flexibility index (Phi) is 9.47. The quantitative estimate of drug-likeness (QED) is 0.595. The highest BCUT2D eigenvalue weighted by molar-refractivity contribution is 6.13. The van der Waals surface area contributed by atoms with Crippen LogP contribution in [0.25, 0.3) is 0 Å². The molecule has 6 heteroatoms. The monoisotopic (exact) mass is 280 g/mol. The number of rotatable bonds is 3. The van der Waals surface area contributed by atoms with Crippen LogP contribution >= 0.6 is 0 Å². The SMILES string of the molecule is CCCCCC.O=C1C=CC(=O)N1.O=C1C=CC(=O)N1. The maximum atomic E-state index is 10.0. The van der Waals surface area contributed by atoms with Crippen molar-refractivity contribution < 1.29 is 19.2 Å². The summed E-state index contributed by atoms with van der Waals surface area (Å²) in [5, 5.41) is 4.06. The van der Waals surface area contributed by atoms with Crippen LogP contribution in [0.1, 0.15) is 39.5 Å². The van der Waals surface area contributed by atoms with Gasteiger partial charge in [0.15, 0.2) is 0 Å². The number of carbonyl (C=O) groups excluding carboxylic acids is 4. The van der Waals surface area contributed by atoms with Gasteiger partial charge in [0.05, 0.1) is 0 Å². The van der Waals surface area contributed by atoms with Crippen LogP contribution in [0.4, 0.5) is 0 Å². The summed E-state index contributed by atoms with van der Waals surface area (Å²) in [5.41, 5.74) is 0. The summed E-state index contributed by atoms with van der Waals surface area (Å²) in [6.07, 6.45) is 10.3. The van der Waals surface area contributed by atoms with Gasteiger partial charge in [-0.3, -0.25) is 29.8 Å². The van der Waals surface area contributed by atoms with E-state index >= 15 is 0 Å². The first-order chi connectivity index (χ1) is 9.49. The molecule has 2 rings (SSSR count). The molecule has 0 aromatic rings. The van der Waals surface area contributed by atoms with Gasteiger partial charge in [-0.15, -0.1) is 0 Å². The Balaban J connectivity index is 0.000000272. The molecule has 2 aliphatic rings. The molecule has 0 aromatic heterocycles. The molecule has 2 aliphatic heterocycles. The minimum absolute atomic E-state index is 0.329. The normalized spacial score (nSPS) is 15.1. The molecule has 110 valence electrons. The Morgan fingerprint density at radius 1 is 0.650 bits per heavy atom. The fourth-order valence-electron chi connectivity index (χ4n) is 1.21. The number of imide groups is 2. The predicted molar refractivity (Wildman–Crippen MR) is 74.4 cm³/mol. The molecule has 0 aromatic carbocycles. The number of amides is 4. The molecule has 0 fully saturated rings. The van der Waals surface area contributed by atoms with E-state index in [0.717, 1.165) is 0 Å². The number of hydrogen-bond acceptors (Lipinski definition) is 4. The van der Waals surface area contributed by atoms with E-state index in [9.17, 15) is 19.2 Å². The van der Waals surface area contributed by atoms with Crippen molar-refractivity contribution in [1.29, 1.82) is 0 Å². The van der Waals surface area contributed by atoms with Gasteiger partial charge in [-0.2, -0.15) is 0 Å². The van der Waals surface area contributed by atoms with Crippen LogP contribution in [-0.2, 0) is 19.2 Å². The molecule has 0 saturated heterocycles. The fraction of sp³-hybridized carbons (Fsp3) is 0.429. The van der Waals surface area contributed by atoms with Crippen molar-refractivity contribution >= 4 is 23.6 Å². The zero-order valence-corrected chi connectivity index (χ0v) is 11.8. The van der Waals surface area contributed by atoms with Crippen molar-refractivity contribution in [3.8, 4) is 0 Å². The van der Waals surface area contributed by atoms with E-state index in [1.807, 2.05) is 10.6 Å². The average molecular weight is 280 g/mol.